The second-order valence-electron chi connectivity index (χ2n) is 3.67. The van der Waals surface area contributed by atoms with Gasteiger partial charge in [0.25, 0.3) is 0 Å². The number of hydrogen-bond donors (Lipinski definition) is 0. The molecule has 92 valence electrons. The van der Waals surface area contributed by atoms with Crippen molar-refractivity contribution < 1.29 is 13.9 Å². The third-order valence-electron chi connectivity index (χ3n) is 2.56. The van der Waals surface area contributed by atoms with Gasteiger partial charge < -0.3 is 4.74 Å². The summed E-state index contributed by atoms with van der Waals surface area (Å²) in [6.45, 7) is 0. The Hall–Kier alpha value is -1.87. The molecule has 0 spiro atoms. The quantitative estimate of drug-likeness (QED) is 0.768. The smallest absolute Gasteiger partial charge is 0.338 e. The molecule has 2 aromatic carbocycles. The maximum absolute atomic E-state index is 13.4. The first-order chi connectivity index (χ1) is 8.63. The highest BCUT2D eigenvalue weighted by molar-refractivity contribution is 6.30. The standard InChI is InChI=1S/C14H10ClFO2/c1-18-14(17)11-5-3-2-4-10(11)9-6-7-12(15)13(16)8-9/h2-8H,1H3. The summed E-state index contributed by atoms with van der Waals surface area (Å²) in [5.41, 5.74) is 1.58. The minimum atomic E-state index is -0.520. The van der Waals surface area contributed by atoms with Gasteiger partial charge in [-0.15, -0.1) is 0 Å². The van der Waals surface area contributed by atoms with Crippen molar-refractivity contribution in [3.8, 4) is 11.1 Å². The van der Waals surface area contributed by atoms with E-state index in [0.717, 1.165) is 0 Å². The summed E-state index contributed by atoms with van der Waals surface area (Å²) in [4.78, 5) is 11.6. The first-order valence-electron chi connectivity index (χ1n) is 5.26. The normalized spacial score (nSPS) is 10.2. The molecule has 18 heavy (non-hydrogen) atoms. The number of methoxy groups -OCH3 is 1. The summed E-state index contributed by atoms with van der Waals surface area (Å²) >= 11 is 5.63. The molecule has 0 N–H and O–H groups in total. The Balaban J connectivity index is 2.56. The Labute approximate surface area is 109 Å². The van der Waals surface area contributed by atoms with Crippen LogP contribution in [0.4, 0.5) is 4.39 Å². The molecule has 2 nitrogen and oxygen atoms in total. The van der Waals surface area contributed by atoms with E-state index in [1.165, 1.54) is 19.2 Å². The van der Waals surface area contributed by atoms with Gasteiger partial charge in [0.15, 0.2) is 0 Å². The molecular weight excluding hydrogens is 255 g/mol. The van der Waals surface area contributed by atoms with Crippen LogP contribution in [0.15, 0.2) is 42.5 Å². The van der Waals surface area contributed by atoms with Crippen molar-refractivity contribution in [3.05, 3.63) is 58.9 Å². The Kier molecular flexibility index (Phi) is 3.63. The second-order valence-corrected chi connectivity index (χ2v) is 4.07. The number of esters is 1. The van der Waals surface area contributed by atoms with Gasteiger partial charge in [0.05, 0.1) is 17.7 Å². The minimum Gasteiger partial charge on any atom is -0.465 e. The number of carbonyl (C=O) groups excluding carboxylic acids is 1. The lowest BCUT2D eigenvalue weighted by molar-refractivity contribution is 0.0601. The van der Waals surface area contributed by atoms with Gasteiger partial charge in [-0.3, -0.25) is 0 Å². The van der Waals surface area contributed by atoms with Crippen molar-refractivity contribution in [1.29, 1.82) is 0 Å². The van der Waals surface area contributed by atoms with E-state index in [1.54, 1.807) is 30.3 Å². The van der Waals surface area contributed by atoms with Crippen LogP contribution >= 0.6 is 11.6 Å². The topological polar surface area (TPSA) is 26.3 Å². The van der Waals surface area contributed by atoms with Crippen LogP contribution in [-0.2, 0) is 4.74 Å². The van der Waals surface area contributed by atoms with Crippen molar-refractivity contribution >= 4 is 17.6 Å². The van der Waals surface area contributed by atoms with Crippen molar-refractivity contribution in [3.63, 3.8) is 0 Å². The molecule has 0 radical (unpaired) electrons. The molecule has 0 aromatic heterocycles. The predicted octanol–water partition coefficient (Wildman–Crippen LogP) is 3.93. The van der Waals surface area contributed by atoms with E-state index in [-0.39, 0.29) is 5.02 Å². The number of rotatable bonds is 2. The third kappa shape index (κ3) is 2.36. The summed E-state index contributed by atoms with van der Waals surface area (Å²) in [5.74, 6) is -0.977. The molecule has 0 saturated carbocycles. The summed E-state index contributed by atoms with van der Waals surface area (Å²) in [5, 5.41) is 0.0503. The monoisotopic (exact) mass is 264 g/mol. The summed E-state index contributed by atoms with van der Waals surface area (Å²) in [6.07, 6.45) is 0. The van der Waals surface area contributed by atoms with Crippen LogP contribution < -0.4 is 0 Å². The summed E-state index contributed by atoms with van der Waals surface area (Å²) in [7, 11) is 1.31. The average Bonchev–Trinajstić information content (AvgIpc) is 2.41. The van der Waals surface area contributed by atoms with Crippen molar-refractivity contribution in [2.45, 2.75) is 0 Å². The van der Waals surface area contributed by atoms with Crippen molar-refractivity contribution in [2.24, 2.45) is 0 Å². The van der Waals surface area contributed by atoms with E-state index in [2.05, 4.69) is 0 Å². The second kappa shape index (κ2) is 5.19. The van der Waals surface area contributed by atoms with E-state index in [4.69, 9.17) is 16.3 Å². The van der Waals surface area contributed by atoms with E-state index in [0.29, 0.717) is 16.7 Å². The number of halogens is 2. The number of benzene rings is 2. The Morgan fingerprint density at radius 2 is 1.94 bits per heavy atom. The Bertz CT molecular complexity index is 596. The lowest BCUT2D eigenvalue weighted by atomic mass is 10.00. The van der Waals surface area contributed by atoms with Crippen LogP contribution in [0.1, 0.15) is 10.4 Å². The molecule has 0 aliphatic rings. The number of hydrogen-bond acceptors (Lipinski definition) is 2. The maximum atomic E-state index is 13.4. The Morgan fingerprint density at radius 3 is 2.61 bits per heavy atom. The molecule has 0 unspecified atom stereocenters. The van der Waals surface area contributed by atoms with Gasteiger partial charge in [0, 0.05) is 0 Å². The Morgan fingerprint density at radius 1 is 1.22 bits per heavy atom. The maximum Gasteiger partial charge on any atom is 0.338 e. The molecule has 0 amide bonds. The van der Waals surface area contributed by atoms with E-state index in [1.807, 2.05) is 0 Å². The number of ether oxygens (including phenoxy) is 1. The molecule has 0 aliphatic heterocycles. The zero-order valence-corrected chi connectivity index (χ0v) is 10.4. The van der Waals surface area contributed by atoms with Gasteiger partial charge in [-0.1, -0.05) is 35.9 Å². The molecule has 4 heteroatoms. The minimum absolute atomic E-state index is 0.0503. The lowest BCUT2D eigenvalue weighted by Crippen LogP contribution is -2.03. The lowest BCUT2D eigenvalue weighted by Gasteiger charge is -2.08. The average molecular weight is 265 g/mol. The molecule has 0 atom stereocenters. The largest absolute Gasteiger partial charge is 0.465 e. The van der Waals surface area contributed by atoms with Crippen LogP contribution in [-0.4, -0.2) is 13.1 Å². The van der Waals surface area contributed by atoms with Gasteiger partial charge in [-0.2, -0.15) is 0 Å². The number of carbonyl (C=O) groups is 1. The van der Waals surface area contributed by atoms with E-state index < -0.39 is 11.8 Å². The summed E-state index contributed by atoms with van der Waals surface area (Å²) in [6, 6.07) is 11.3. The SMILES string of the molecule is COC(=O)c1ccccc1-c1ccc(Cl)c(F)c1. The molecule has 0 saturated heterocycles. The first kappa shape index (κ1) is 12.6. The van der Waals surface area contributed by atoms with Gasteiger partial charge in [-0.25, -0.2) is 9.18 Å². The van der Waals surface area contributed by atoms with Crippen LogP contribution in [0.25, 0.3) is 11.1 Å². The zero-order valence-electron chi connectivity index (χ0n) is 9.61. The fourth-order valence-electron chi connectivity index (χ4n) is 1.69. The van der Waals surface area contributed by atoms with Gasteiger partial charge in [0.2, 0.25) is 0 Å². The fourth-order valence-corrected chi connectivity index (χ4v) is 1.80. The first-order valence-corrected chi connectivity index (χ1v) is 5.64. The molecule has 0 fully saturated rings. The fraction of sp³-hybridized carbons (Fsp3) is 0.0714. The highest BCUT2D eigenvalue weighted by atomic mass is 35.5. The molecule has 2 aromatic rings. The molecule has 0 bridgehead atoms. The van der Waals surface area contributed by atoms with Crippen molar-refractivity contribution in [1.82, 2.24) is 0 Å². The van der Waals surface area contributed by atoms with Crippen LogP contribution in [0.3, 0.4) is 0 Å². The van der Waals surface area contributed by atoms with E-state index in [9.17, 15) is 9.18 Å². The highest BCUT2D eigenvalue weighted by Crippen LogP contribution is 2.27. The van der Waals surface area contributed by atoms with Crippen LogP contribution in [0, 0.1) is 5.82 Å². The third-order valence-corrected chi connectivity index (χ3v) is 2.87. The van der Waals surface area contributed by atoms with Gasteiger partial charge in [0.1, 0.15) is 5.82 Å². The van der Waals surface area contributed by atoms with E-state index >= 15 is 0 Å². The molecular formula is C14H10ClFO2. The van der Waals surface area contributed by atoms with Crippen LogP contribution in [0.2, 0.25) is 5.02 Å². The molecule has 0 aliphatic carbocycles. The molecule has 0 heterocycles. The summed E-state index contributed by atoms with van der Waals surface area (Å²) < 4.78 is 18.1. The zero-order chi connectivity index (χ0) is 13.1. The van der Waals surface area contributed by atoms with Gasteiger partial charge in [-0.05, 0) is 29.3 Å². The molecule has 2 rings (SSSR count). The van der Waals surface area contributed by atoms with Crippen molar-refractivity contribution in [2.75, 3.05) is 7.11 Å². The highest BCUT2D eigenvalue weighted by Gasteiger charge is 2.13. The van der Waals surface area contributed by atoms with Gasteiger partial charge >= 0.3 is 5.97 Å². The predicted molar refractivity (Wildman–Crippen MR) is 68.2 cm³/mol. The van der Waals surface area contributed by atoms with Crippen LogP contribution in [0.5, 0.6) is 0 Å².